The molecule has 1 aliphatic rings. The minimum absolute atomic E-state index is 0.0757. The lowest BCUT2D eigenvalue weighted by Gasteiger charge is -2.26. The molecule has 5 rings (SSSR count). The Morgan fingerprint density at radius 1 is 1.15 bits per heavy atom. The Bertz CT molecular complexity index is 1500. The van der Waals surface area contributed by atoms with Gasteiger partial charge in [-0.25, -0.2) is 18.5 Å². The molecule has 0 fully saturated rings. The van der Waals surface area contributed by atoms with Gasteiger partial charge in [-0.3, -0.25) is 4.79 Å². The molecule has 1 aliphatic heterocycles. The standard InChI is InChI=1S/C24H22N4O3S2/c1-15-2-7-22(32-15)24(29)28-10-8-17(9-11-28)21-14-27-23-20(21)12-18(13-26-23)16-3-5-19(6-4-16)33(25,30)31/h2-8,12-14H,9-11H2,1H3,(H,26,27)(H2,25,30,31). The molecule has 0 unspecified atom stereocenters. The molecule has 0 spiro atoms. The topological polar surface area (TPSA) is 109 Å². The molecular formula is C24H22N4O3S2. The summed E-state index contributed by atoms with van der Waals surface area (Å²) in [5.74, 6) is 0.0780. The molecule has 0 saturated heterocycles. The van der Waals surface area contributed by atoms with Gasteiger partial charge >= 0.3 is 0 Å². The summed E-state index contributed by atoms with van der Waals surface area (Å²) in [5, 5.41) is 6.19. The highest BCUT2D eigenvalue weighted by Gasteiger charge is 2.22. The van der Waals surface area contributed by atoms with Crippen molar-refractivity contribution in [2.45, 2.75) is 18.2 Å². The van der Waals surface area contributed by atoms with Crippen molar-refractivity contribution < 1.29 is 13.2 Å². The van der Waals surface area contributed by atoms with Crippen molar-refractivity contribution in [3.8, 4) is 11.1 Å². The Labute approximate surface area is 195 Å². The second kappa shape index (κ2) is 8.26. The average Bonchev–Trinajstić information content (AvgIpc) is 3.44. The number of aromatic amines is 1. The fourth-order valence-electron chi connectivity index (χ4n) is 4.07. The van der Waals surface area contributed by atoms with Gasteiger partial charge in [0.1, 0.15) is 5.65 Å². The molecule has 168 valence electrons. The van der Waals surface area contributed by atoms with Crippen molar-refractivity contribution in [2.24, 2.45) is 5.14 Å². The van der Waals surface area contributed by atoms with Crippen LogP contribution < -0.4 is 5.14 Å². The van der Waals surface area contributed by atoms with Gasteiger partial charge in [-0.2, -0.15) is 0 Å². The first-order valence-electron chi connectivity index (χ1n) is 10.4. The van der Waals surface area contributed by atoms with Gasteiger partial charge in [0.05, 0.1) is 9.77 Å². The van der Waals surface area contributed by atoms with Crippen molar-refractivity contribution in [1.29, 1.82) is 0 Å². The van der Waals surface area contributed by atoms with Gasteiger partial charge in [0.2, 0.25) is 10.0 Å². The number of hydrogen-bond donors (Lipinski definition) is 2. The van der Waals surface area contributed by atoms with Gasteiger partial charge < -0.3 is 9.88 Å². The van der Waals surface area contributed by atoms with Crippen LogP contribution in [0.5, 0.6) is 0 Å². The summed E-state index contributed by atoms with van der Waals surface area (Å²) >= 11 is 1.53. The molecule has 1 aromatic carbocycles. The quantitative estimate of drug-likeness (QED) is 0.459. The third-order valence-corrected chi connectivity index (χ3v) is 7.76. The molecule has 0 saturated carbocycles. The predicted molar refractivity (Wildman–Crippen MR) is 130 cm³/mol. The normalized spacial score (nSPS) is 14.5. The second-order valence-corrected chi connectivity index (χ2v) is 10.9. The molecule has 4 heterocycles. The maximum atomic E-state index is 12.8. The number of sulfonamides is 1. The fourth-order valence-corrected chi connectivity index (χ4v) is 5.42. The zero-order chi connectivity index (χ0) is 23.2. The second-order valence-electron chi connectivity index (χ2n) is 8.03. The first-order chi connectivity index (χ1) is 15.8. The van der Waals surface area contributed by atoms with Crippen LogP contribution >= 0.6 is 11.3 Å². The molecule has 0 bridgehead atoms. The van der Waals surface area contributed by atoms with Crippen LogP contribution in [0.2, 0.25) is 0 Å². The molecule has 0 aliphatic carbocycles. The van der Waals surface area contributed by atoms with Crippen molar-refractivity contribution in [3.05, 3.63) is 76.3 Å². The lowest BCUT2D eigenvalue weighted by atomic mass is 9.98. The van der Waals surface area contributed by atoms with Crippen LogP contribution in [0.4, 0.5) is 0 Å². The Hall–Kier alpha value is -3.27. The molecule has 4 aromatic rings. The van der Waals surface area contributed by atoms with Crippen LogP contribution in [-0.2, 0) is 10.0 Å². The van der Waals surface area contributed by atoms with Gasteiger partial charge in [-0.05, 0) is 54.8 Å². The number of hydrogen-bond acceptors (Lipinski definition) is 5. The number of fused-ring (bicyclic) bond motifs is 1. The summed E-state index contributed by atoms with van der Waals surface area (Å²) in [7, 11) is -3.73. The first-order valence-corrected chi connectivity index (χ1v) is 12.8. The third kappa shape index (κ3) is 4.22. The third-order valence-electron chi connectivity index (χ3n) is 5.84. The van der Waals surface area contributed by atoms with Crippen molar-refractivity contribution in [1.82, 2.24) is 14.9 Å². The number of benzene rings is 1. The Balaban J connectivity index is 1.41. The number of amides is 1. The highest BCUT2D eigenvalue weighted by atomic mass is 32.2. The minimum atomic E-state index is -3.73. The Morgan fingerprint density at radius 3 is 2.58 bits per heavy atom. The number of nitrogens with one attached hydrogen (secondary N) is 1. The van der Waals surface area contributed by atoms with Crippen LogP contribution in [-0.4, -0.2) is 42.3 Å². The molecule has 3 N–H and O–H groups in total. The number of aryl methyl sites for hydroxylation is 1. The predicted octanol–water partition coefficient (Wildman–Crippen LogP) is 4.18. The highest BCUT2D eigenvalue weighted by Crippen LogP contribution is 2.32. The monoisotopic (exact) mass is 478 g/mol. The number of carbonyl (C=O) groups excluding carboxylic acids is 1. The van der Waals surface area contributed by atoms with E-state index in [1.165, 1.54) is 29.0 Å². The lowest BCUT2D eigenvalue weighted by Crippen LogP contribution is -2.34. The van der Waals surface area contributed by atoms with Crippen LogP contribution in [0.3, 0.4) is 0 Å². The molecule has 3 aromatic heterocycles. The number of nitrogens with two attached hydrogens (primary N) is 1. The zero-order valence-corrected chi connectivity index (χ0v) is 19.5. The first kappa shape index (κ1) is 21.6. The van der Waals surface area contributed by atoms with E-state index in [0.717, 1.165) is 43.9 Å². The summed E-state index contributed by atoms with van der Waals surface area (Å²) in [6.07, 6.45) is 6.58. The van der Waals surface area contributed by atoms with Gasteiger partial charge in [0.15, 0.2) is 0 Å². The zero-order valence-electron chi connectivity index (χ0n) is 17.9. The largest absolute Gasteiger partial charge is 0.346 e. The minimum Gasteiger partial charge on any atom is -0.346 e. The number of nitrogens with zero attached hydrogens (tertiary/aromatic N) is 2. The SMILES string of the molecule is Cc1ccc(C(=O)N2CC=C(c3c[nH]c4ncc(-c5ccc(S(N)(=O)=O)cc5)cc34)CC2)s1. The summed E-state index contributed by atoms with van der Waals surface area (Å²) in [6, 6.07) is 12.4. The van der Waals surface area contributed by atoms with E-state index in [-0.39, 0.29) is 10.8 Å². The van der Waals surface area contributed by atoms with E-state index in [1.54, 1.807) is 18.3 Å². The summed E-state index contributed by atoms with van der Waals surface area (Å²) in [4.78, 5) is 24.4. The van der Waals surface area contributed by atoms with E-state index in [4.69, 9.17) is 5.14 Å². The number of aromatic nitrogens is 2. The molecule has 0 radical (unpaired) electrons. The van der Waals surface area contributed by atoms with Crippen LogP contribution in [0.1, 0.15) is 26.5 Å². The molecule has 7 nitrogen and oxygen atoms in total. The molecule has 33 heavy (non-hydrogen) atoms. The highest BCUT2D eigenvalue weighted by molar-refractivity contribution is 7.89. The van der Waals surface area contributed by atoms with E-state index in [2.05, 4.69) is 16.0 Å². The van der Waals surface area contributed by atoms with E-state index in [1.807, 2.05) is 36.2 Å². The van der Waals surface area contributed by atoms with Gasteiger partial charge in [-0.1, -0.05) is 18.2 Å². The molecule has 9 heteroatoms. The van der Waals surface area contributed by atoms with Crippen molar-refractivity contribution in [2.75, 3.05) is 13.1 Å². The van der Waals surface area contributed by atoms with E-state index >= 15 is 0 Å². The summed E-state index contributed by atoms with van der Waals surface area (Å²) in [5.41, 5.74) is 4.76. The molecule has 1 amide bonds. The molecule has 0 atom stereocenters. The number of thiophene rings is 1. The van der Waals surface area contributed by atoms with Crippen molar-refractivity contribution in [3.63, 3.8) is 0 Å². The van der Waals surface area contributed by atoms with Gasteiger partial charge in [0.25, 0.3) is 5.91 Å². The van der Waals surface area contributed by atoms with Crippen LogP contribution in [0, 0.1) is 6.92 Å². The average molecular weight is 479 g/mol. The van der Waals surface area contributed by atoms with E-state index in [0.29, 0.717) is 13.1 Å². The molecular weight excluding hydrogens is 456 g/mol. The van der Waals surface area contributed by atoms with Gasteiger partial charge in [-0.15, -0.1) is 11.3 Å². The fraction of sp³-hybridized carbons (Fsp3) is 0.167. The van der Waals surface area contributed by atoms with Gasteiger partial charge in [0, 0.05) is 46.9 Å². The Morgan fingerprint density at radius 2 is 1.94 bits per heavy atom. The summed E-state index contributed by atoms with van der Waals surface area (Å²) in [6.45, 7) is 3.24. The Kier molecular flexibility index (Phi) is 5.40. The van der Waals surface area contributed by atoms with E-state index in [9.17, 15) is 13.2 Å². The van der Waals surface area contributed by atoms with E-state index < -0.39 is 10.0 Å². The van der Waals surface area contributed by atoms with Crippen molar-refractivity contribution >= 4 is 43.9 Å². The van der Waals surface area contributed by atoms with Crippen LogP contribution in [0.15, 0.2) is 65.8 Å². The number of H-pyrrole nitrogens is 1. The summed E-state index contributed by atoms with van der Waals surface area (Å²) < 4.78 is 23.0. The number of rotatable bonds is 4. The number of primary sulfonamides is 1. The maximum Gasteiger partial charge on any atom is 0.264 e. The smallest absolute Gasteiger partial charge is 0.264 e. The maximum absolute atomic E-state index is 12.8. The lowest BCUT2D eigenvalue weighted by molar-refractivity contribution is 0.0777. The van der Waals surface area contributed by atoms with Crippen LogP contribution in [0.25, 0.3) is 27.7 Å². The number of carbonyl (C=O) groups is 1. The number of pyridine rings is 1.